The SMILES string of the molecule is C=CCN(Cc1ccccc1)Cc1nc(-c2cccs2)no1. The third kappa shape index (κ3) is 3.69. The van der Waals surface area contributed by atoms with Gasteiger partial charge in [-0.15, -0.1) is 17.9 Å². The minimum atomic E-state index is 0.610. The fraction of sp³-hybridized carbons (Fsp3) is 0.176. The number of nitrogens with zero attached hydrogens (tertiary/aromatic N) is 3. The maximum absolute atomic E-state index is 5.37. The second-order valence-electron chi connectivity index (χ2n) is 4.93. The van der Waals surface area contributed by atoms with E-state index in [1.54, 1.807) is 11.3 Å². The number of rotatable bonds is 7. The van der Waals surface area contributed by atoms with E-state index >= 15 is 0 Å². The van der Waals surface area contributed by atoms with Crippen molar-refractivity contribution in [2.24, 2.45) is 0 Å². The van der Waals surface area contributed by atoms with Crippen molar-refractivity contribution < 1.29 is 4.52 Å². The predicted molar refractivity (Wildman–Crippen MR) is 88.4 cm³/mol. The van der Waals surface area contributed by atoms with Crippen molar-refractivity contribution in [2.45, 2.75) is 13.1 Å². The lowest BCUT2D eigenvalue weighted by molar-refractivity contribution is 0.239. The Morgan fingerprint density at radius 2 is 2.00 bits per heavy atom. The van der Waals surface area contributed by atoms with E-state index in [-0.39, 0.29) is 0 Å². The fourth-order valence-electron chi connectivity index (χ4n) is 2.23. The van der Waals surface area contributed by atoms with Gasteiger partial charge in [0.05, 0.1) is 11.4 Å². The molecule has 0 spiro atoms. The van der Waals surface area contributed by atoms with Gasteiger partial charge < -0.3 is 4.52 Å². The molecule has 0 saturated heterocycles. The lowest BCUT2D eigenvalue weighted by Crippen LogP contribution is -2.23. The molecule has 4 nitrogen and oxygen atoms in total. The molecule has 0 amide bonds. The van der Waals surface area contributed by atoms with E-state index in [0.29, 0.717) is 18.3 Å². The quantitative estimate of drug-likeness (QED) is 0.619. The van der Waals surface area contributed by atoms with Crippen LogP contribution < -0.4 is 0 Å². The summed E-state index contributed by atoms with van der Waals surface area (Å²) in [6.07, 6.45) is 1.89. The van der Waals surface area contributed by atoms with Gasteiger partial charge in [-0.2, -0.15) is 4.98 Å². The van der Waals surface area contributed by atoms with Crippen molar-refractivity contribution in [3.8, 4) is 10.7 Å². The maximum Gasteiger partial charge on any atom is 0.241 e. The van der Waals surface area contributed by atoms with Crippen LogP contribution in [0.5, 0.6) is 0 Å². The van der Waals surface area contributed by atoms with Gasteiger partial charge in [0.1, 0.15) is 0 Å². The first kappa shape index (κ1) is 14.7. The second-order valence-corrected chi connectivity index (χ2v) is 5.88. The first-order chi connectivity index (χ1) is 10.8. The summed E-state index contributed by atoms with van der Waals surface area (Å²) in [6.45, 7) is 6.03. The average molecular weight is 311 g/mol. The third-order valence-electron chi connectivity index (χ3n) is 3.20. The number of hydrogen-bond acceptors (Lipinski definition) is 5. The van der Waals surface area contributed by atoms with Crippen LogP contribution in [0.15, 0.2) is 65.0 Å². The van der Waals surface area contributed by atoms with E-state index in [4.69, 9.17) is 4.52 Å². The minimum Gasteiger partial charge on any atom is -0.338 e. The van der Waals surface area contributed by atoms with Crippen LogP contribution in [0.25, 0.3) is 10.7 Å². The molecule has 0 aliphatic rings. The van der Waals surface area contributed by atoms with Gasteiger partial charge >= 0.3 is 0 Å². The van der Waals surface area contributed by atoms with E-state index in [2.05, 4.69) is 33.8 Å². The second kappa shape index (κ2) is 7.15. The standard InChI is InChI=1S/C17H17N3OS/c1-2-10-20(12-14-7-4-3-5-8-14)13-16-18-17(19-21-16)15-9-6-11-22-15/h2-9,11H,1,10,12-13H2. The molecule has 3 aromatic rings. The zero-order valence-corrected chi connectivity index (χ0v) is 13.0. The molecule has 0 aliphatic carbocycles. The van der Waals surface area contributed by atoms with Crippen molar-refractivity contribution in [2.75, 3.05) is 6.54 Å². The van der Waals surface area contributed by atoms with E-state index in [0.717, 1.165) is 18.0 Å². The maximum atomic E-state index is 5.37. The average Bonchev–Trinajstić information content (AvgIpc) is 3.19. The van der Waals surface area contributed by atoms with E-state index in [1.807, 2.05) is 41.8 Å². The molecule has 0 saturated carbocycles. The molecule has 0 bridgehead atoms. The van der Waals surface area contributed by atoms with E-state index < -0.39 is 0 Å². The van der Waals surface area contributed by atoms with Crippen LogP contribution in [0.1, 0.15) is 11.5 Å². The molecule has 0 aliphatic heterocycles. The van der Waals surface area contributed by atoms with Crippen molar-refractivity contribution in [3.63, 3.8) is 0 Å². The highest BCUT2D eigenvalue weighted by Gasteiger charge is 2.13. The van der Waals surface area contributed by atoms with Crippen LogP contribution in [-0.2, 0) is 13.1 Å². The van der Waals surface area contributed by atoms with Crippen molar-refractivity contribution in [1.29, 1.82) is 0 Å². The molecule has 22 heavy (non-hydrogen) atoms. The van der Waals surface area contributed by atoms with Crippen LogP contribution in [-0.4, -0.2) is 21.6 Å². The van der Waals surface area contributed by atoms with Gasteiger partial charge in [-0.1, -0.05) is 47.6 Å². The van der Waals surface area contributed by atoms with Gasteiger partial charge in [-0.25, -0.2) is 0 Å². The summed E-state index contributed by atoms with van der Waals surface area (Å²) < 4.78 is 5.37. The number of hydrogen-bond donors (Lipinski definition) is 0. The molecule has 112 valence electrons. The first-order valence-corrected chi connectivity index (χ1v) is 7.97. The molecule has 0 atom stereocenters. The van der Waals surface area contributed by atoms with Crippen LogP contribution in [0.4, 0.5) is 0 Å². The van der Waals surface area contributed by atoms with Gasteiger partial charge in [-0.3, -0.25) is 4.90 Å². The summed E-state index contributed by atoms with van der Waals surface area (Å²) in [5.41, 5.74) is 1.25. The van der Waals surface area contributed by atoms with Gasteiger partial charge in [0.2, 0.25) is 11.7 Å². The number of aromatic nitrogens is 2. The molecule has 0 radical (unpaired) electrons. The Hall–Kier alpha value is -2.24. The Labute approximate surface area is 133 Å². The zero-order chi connectivity index (χ0) is 15.2. The highest BCUT2D eigenvalue weighted by atomic mass is 32.1. The molecule has 3 rings (SSSR count). The highest BCUT2D eigenvalue weighted by molar-refractivity contribution is 7.13. The minimum absolute atomic E-state index is 0.610. The van der Waals surface area contributed by atoms with E-state index in [1.165, 1.54) is 5.56 Å². The highest BCUT2D eigenvalue weighted by Crippen LogP contribution is 2.21. The Morgan fingerprint density at radius 1 is 1.14 bits per heavy atom. The smallest absolute Gasteiger partial charge is 0.241 e. The molecule has 2 aromatic heterocycles. The Morgan fingerprint density at radius 3 is 2.73 bits per heavy atom. The fourth-order valence-corrected chi connectivity index (χ4v) is 2.87. The lowest BCUT2D eigenvalue weighted by Gasteiger charge is -2.18. The molecule has 1 aromatic carbocycles. The first-order valence-electron chi connectivity index (χ1n) is 7.09. The summed E-state index contributed by atoms with van der Waals surface area (Å²) in [6, 6.07) is 14.3. The summed E-state index contributed by atoms with van der Waals surface area (Å²) >= 11 is 1.61. The monoisotopic (exact) mass is 311 g/mol. The third-order valence-corrected chi connectivity index (χ3v) is 4.07. The number of thiophene rings is 1. The molecule has 0 fully saturated rings. The van der Waals surface area contributed by atoms with E-state index in [9.17, 15) is 0 Å². The zero-order valence-electron chi connectivity index (χ0n) is 12.2. The normalized spacial score (nSPS) is 11.0. The molecular weight excluding hydrogens is 294 g/mol. The summed E-state index contributed by atoms with van der Waals surface area (Å²) in [5, 5.41) is 6.06. The summed E-state index contributed by atoms with van der Waals surface area (Å²) in [4.78, 5) is 7.71. The van der Waals surface area contributed by atoms with Crippen LogP contribution in [0.2, 0.25) is 0 Å². The molecule has 0 N–H and O–H groups in total. The van der Waals surface area contributed by atoms with Gasteiger partial charge in [0, 0.05) is 13.1 Å². The Bertz CT molecular complexity index is 707. The van der Waals surface area contributed by atoms with Crippen molar-refractivity contribution in [3.05, 3.63) is 72.0 Å². The Kier molecular flexibility index (Phi) is 4.78. The molecule has 2 heterocycles. The van der Waals surface area contributed by atoms with Crippen LogP contribution in [0, 0.1) is 0 Å². The Balaban J connectivity index is 1.69. The summed E-state index contributed by atoms with van der Waals surface area (Å²) in [5.74, 6) is 1.28. The van der Waals surface area contributed by atoms with Gasteiger partial charge in [0.25, 0.3) is 0 Å². The van der Waals surface area contributed by atoms with Gasteiger partial charge in [-0.05, 0) is 17.0 Å². The summed E-state index contributed by atoms with van der Waals surface area (Å²) in [7, 11) is 0. The van der Waals surface area contributed by atoms with Crippen LogP contribution >= 0.6 is 11.3 Å². The largest absolute Gasteiger partial charge is 0.338 e. The topological polar surface area (TPSA) is 42.2 Å². The molecule has 5 heteroatoms. The van der Waals surface area contributed by atoms with Crippen molar-refractivity contribution >= 4 is 11.3 Å². The predicted octanol–water partition coefficient (Wildman–Crippen LogP) is 3.99. The van der Waals surface area contributed by atoms with Crippen molar-refractivity contribution in [1.82, 2.24) is 15.0 Å². The lowest BCUT2D eigenvalue weighted by atomic mass is 10.2. The van der Waals surface area contributed by atoms with Crippen LogP contribution in [0.3, 0.4) is 0 Å². The van der Waals surface area contributed by atoms with Gasteiger partial charge in [0.15, 0.2) is 0 Å². The number of benzene rings is 1. The molecular formula is C17H17N3OS. The molecule has 0 unspecified atom stereocenters.